The number of sulfonamides is 1. The highest BCUT2D eigenvalue weighted by Crippen LogP contribution is 2.24. The number of nitrogens with zero attached hydrogens (tertiary/aromatic N) is 1. The average molecular weight is 417 g/mol. The van der Waals surface area contributed by atoms with Crippen molar-refractivity contribution in [3.63, 3.8) is 0 Å². The van der Waals surface area contributed by atoms with Crippen molar-refractivity contribution in [3.05, 3.63) is 59.7 Å². The number of esters is 1. The summed E-state index contributed by atoms with van der Waals surface area (Å²) in [5.74, 6) is -1.27. The Bertz CT molecular complexity index is 1050. The van der Waals surface area contributed by atoms with Crippen molar-refractivity contribution in [2.24, 2.45) is 5.14 Å². The Hall–Kier alpha value is -3.08. The van der Waals surface area contributed by atoms with E-state index in [0.717, 1.165) is 10.5 Å². The predicted molar refractivity (Wildman–Crippen MR) is 103 cm³/mol. The van der Waals surface area contributed by atoms with E-state index >= 15 is 0 Å². The second kappa shape index (κ2) is 8.11. The summed E-state index contributed by atoms with van der Waals surface area (Å²) in [6.07, 6.45) is -0.00709. The van der Waals surface area contributed by atoms with Crippen molar-refractivity contribution < 1.29 is 27.5 Å². The largest absolute Gasteiger partial charge is 0.465 e. The Kier molecular flexibility index (Phi) is 5.78. The number of carbonyl (C=O) groups excluding carboxylic acids is 3. The zero-order valence-electron chi connectivity index (χ0n) is 15.5. The maximum atomic E-state index is 12.7. The molecule has 152 valence electrons. The maximum Gasteiger partial charge on any atom is 0.337 e. The van der Waals surface area contributed by atoms with E-state index in [2.05, 4.69) is 10.1 Å². The number of methoxy groups -OCH3 is 1. The summed E-state index contributed by atoms with van der Waals surface area (Å²) >= 11 is 0. The van der Waals surface area contributed by atoms with Gasteiger partial charge in [0.1, 0.15) is 0 Å². The molecular formula is C19H19N3O6S. The van der Waals surface area contributed by atoms with Gasteiger partial charge in [-0.15, -0.1) is 0 Å². The highest BCUT2D eigenvalue weighted by molar-refractivity contribution is 7.89. The number of anilines is 1. The fourth-order valence-electron chi connectivity index (χ4n) is 2.97. The molecule has 1 aliphatic rings. The van der Waals surface area contributed by atoms with Crippen LogP contribution in [0.15, 0.2) is 53.4 Å². The van der Waals surface area contributed by atoms with Crippen LogP contribution in [0.5, 0.6) is 0 Å². The Morgan fingerprint density at radius 3 is 2.31 bits per heavy atom. The van der Waals surface area contributed by atoms with Crippen LogP contribution < -0.4 is 15.4 Å². The molecule has 0 radical (unpaired) electrons. The number of hydrogen-bond acceptors (Lipinski definition) is 7. The Labute approximate surface area is 167 Å². The van der Waals surface area contributed by atoms with Gasteiger partial charge in [-0.1, -0.05) is 12.1 Å². The van der Waals surface area contributed by atoms with Gasteiger partial charge in [0.2, 0.25) is 15.9 Å². The minimum absolute atomic E-state index is 0.00468. The molecule has 2 aromatic carbocycles. The molecule has 0 spiro atoms. The first-order chi connectivity index (χ1) is 13.7. The van der Waals surface area contributed by atoms with Crippen LogP contribution in [0.25, 0.3) is 0 Å². The fraction of sp³-hybridized carbons (Fsp3) is 0.211. The van der Waals surface area contributed by atoms with Crippen molar-refractivity contribution in [2.75, 3.05) is 12.0 Å². The van der Waals surface area contributed by atoms with Gasteiger partial charge in [-0.2, -0.15) is 0 Å². The van der Waals surface area contributed by atoms with Gasteiger partial charge < -0.3 is 10.1 Å². The van der Waals surface area contributed by atoms with Gasteiger partial charge in [-0.3, -0.25) is 9.59 Å². The number of primary sulfonamides is 1. The van der Waals surface area contributed by atoms with Crippen LogP contribution >= 0.6 is 0 Å². The molecule has 1 saturated heterocycles. The molecule has 1 fully saturated rings. The van der Waals surface area contributed by atoms with Crippen LogP contribution in [0.1, 0.15) is 22.3 Å². The van der Waals surface area contributed by atoms with Gasteiger partial charge in [0.25, 0.3) is 5.91 Å². The molecule has 1 atom stereocenters. The molecule has 0 bridgehead atoms. The number of amides is 2. The third kappa shape index (κ3) is 4.50. The van der Waals surface area contributed by atoms with E-state index in [-0.39, 0.29) is 23.8 Å². The number of nitrogens with one attached hydrogen (secondary N) is 1. The first-order valence-electron chi connectivity index (χ1n) is 8.61. The van der Waals surface area contributed by atoms with Crippen LogP contribution in [-0.2, 0) is 30.9 Å². The summed E-state index contributed by atoms with van der Waals surface area (Å²) in [6, 6.07) is 11.2. The van der Waals surface area contributed by atoms with E-state index in [9.17, 15) is 22.8 Å². The monoisotopic (exact) mass is 417 g/mol. The molecule has 29 heavy (non-hydrogen) atoms. The molecule has 2 aromatic rings. The van der Waals surface area contributed by atoms with Gasteiger partial charge in [0, 0.05) is 6.54 Å². The topological polar surface area (TPSA) is 136 Å². The number of nitrogens with two attached hydrogens (primary N) is 1. The van der Waals surface area contributed by atoms with Gasteiger partial charge in [0.15, 0.2) is 0 Å². The Morgan fingerprint density at radius 1 is 1.14 bits per heavy atom. The van der Waals surface area contributed by atoms with E-state index < -0.39 is 27.9 Å². The second-order valence-electron chi connectivity index (χ2n) is 6.43. The fourth-order valence-corrected chi connectivity index (χ4v) is 3.48. The Morgan fingerprint density at radius 2 is 1.76 bits per heavy atom. The minimum Gasteiger partial charge on any atom is -0.465 e. The van der Waals surface area contributed by atoms with Crippen molar-refractivity contribution in [1.82, 2.24) is 5.32 Å². The molecule has 3 rings (SSSR count). The normalized spacial score (nSPS) is 16.9. The highest BCUT2D eigenvalue weighted by Gasteiger charge is 2.39. The first-order valence-corrected chi connectivity index (χ1v) is 10.2. The molecule has 0 saturated carbocycles. The van der Waals surface area contributed by atoms with E-state index in [1.807, 2.05) is 0 Å². The molecule has 0 aromatic heterocycles. The highest BCUT2D eigenvalue weighted by atomic mass is 32.2. The number of rotatable bonds is 6. The molecule has 0 aliphatic carbocycles. The standard InChI is InChI=1S/C19H19N3O6S/c1-28-19(25)13-4-6-14(7-5-13)22-17(23)10-16(18(22)24)21-11-12-2-8-15(9-3-12)29(20,26)27/h2-9,16,21H,10-11H2,1H3,(H2,20,26,27)/t16-/m0/s1. The van der Waals surface area contributed by atoms with Crippen molar-refractivity contribution in [2.45, 2.75) is 23.9 Å². The molecule has 3 N–H and O–H groups in total. The lowest BCUT2D eigenvalue weighted by Gasteiger charge is -2.16. The summed E-state index contributed by atoms with van der Waals surface area (Å²) in [6.45, 7) is 0.268. The van der Waals surface area contributed by atoms with Crippen LogP contribution in [0.2, 0.25) is 0 Å². The predicted octanol–water partition coefficient (Wildman–Crippen LogP) is 0.542. The zero-order chi connectivity index (χ0) is 21.2. The minimum atomic E-state index is -3.77. The van der Waals surface area contributed by atoms with Gasteiger partial charge >= 0.3 is 5.97 Å². The van der Waals surface area contributed by atoms with Crippen molar-refractivity contribution in [3.8, 4) is 0 Å². The lowest BCUT2D eigenvalue weighted by atomic mass is 10.2. The first kappa shape index (κ1) is 20.6. The van der Waals surface area contributed by atoms with E-state index in [4.69, 9.17) is 5.14 Å². The quantitative estimate of drug-likeness (QED) is 0.517. The third-order valence-electron chi connectivity index (χ3n) is 4.50. The summed E-state index contributed by atoms with van der Waals surface area (Å²) in [5.41, 5.74) is 1.42. The molecule has 0 unspecified atom stereocenters. The van der Waals surface area contributed by atoms with Crippen LogP contribution in [-0.4, -0.2) is 39.4 Å². The smallest absolute Gasteiger partial charge is 0.337 e. The summed E-state index contributed by atoms with van der Waals surface area (Å²) in [7, 11) is -2.50. The Balaban J connectivity index is 1.66. The number of ether oxygens (including phenoxy) is 1. The lowest BCUT2D eigenvalue weighted by molar-refractivity contribution is -0.121. The van der Waals surface area contributed by atoms with Crippen LogP contribution in [0.4, 0.5) is 5.69 Å². The number of hydrogen-bond donors (Lipinski definition) is 2. The molecule has 1 aliphatic heterocycles. The average Bonchev–Trinajstić information content (AvgIpc) is 2.99. The van der Waals surface area contributed by atoms with E-state index in [1.54, 1.807) is 12.1 Å². The lowest BCUT2D eigenvalue weighted by Crippen LogP contribution is -2.38. The summed E-state index contributed by atoms with van der Waals surface area (Å²) < 4.78 is 27.2. The van der Waals surface area contributed by atoms with E-state index in [0.29, 0.717) is 11.3 Å². The molecule has 9 nitrogen and oxygen atoms in total. The summed E-state index contributed by atoms with van der Waals surface area (Å²) in [5, 5.41) is 8.07. The van der Waals surface area contributed by atoms with Gasteiger partial charge in [-0.05, 0) is 42.0 Å². The van der Waals surface area contributed by atoms with Crippen LogP contribution in [0.3, 0.4) is 0 Å². The van der Waals surface area contributed by atoms with E-state index in [1.165, 1.54) is 43.5 Å². The molecule has 2 amide bonds. The maximum absolute atomic E-state index is 12.7. The van der Waals surface area contributed by atoms with Gasteiger partial charge in [0.05, 0.1) is 35.7 Å². The number of imide groups is 1. The van der Waals surface area contributed by atoms with Crippen molar-refractivity contribution >= 4 is 33.5 Å². The SMILES string of the molecule is COC(=O)c1ccc(N2C(=O)C[C@H](NCc3ccc(S(N)(=O)=O)cc3)C2=O)cc1. The second-order valence-corrected chi connectivity index (χ2v) is 7.99. The molecular weight excluding hydrogens is 398 g/mol. The summed E-state index contributed by atoms with van der Waals surface area (Å²) in [4.78, 5) is 37.6. The molecule has 1 heterocycles. The zero-order valence-corrected chi connectivity index (χ0v) is 16.3. The van der Waals surface area contributed by atoms with Gasteiger partial charge in [-0.25, -0.2) is 23.3 Å². The van der Waals surface area contributed by atoms with Crippen LogP contribution in [0, 0.1) is 0 Å². The third-order valence-corrected chi connectivity index (χ3v) is 5.43. The molecule has 10 heteroatoms. The van der Waals surface area contributed by atoms with Crippen molar-refractivity contribution in [1.29, 1.82) is 0 Å². The number of carbonyl (C=O) groups is 3. The number of benzene rings is 2.